The van der Waals surface area contributed by atoms with Crippen molar-refractivity contribution in [1.82, 2.24) is 10.9 Å². The van der Waals surface area contributed by atoms with E-state index in [4.69, 9.17) is 22.1 Å². The smallest absolute Gasteiger partial charge is 0.242 e. The van der Waals surface area contributed by atoms with Gasteiger partial charge in [0, 0.05) is 0 Å². The lowest BCUT2D eigenvalue weighted by Gasteiger charge is -2.09. The van der Waals surface area contributed by atoms with Crippen LogP contribution in [0.2, 0.25) is 5.02 Å². The molecule has 0 saturated heterocycles. The summed E-state index contributed by atoms with van der Waals surface area (Å²) >= 11 is 10.6. The number of carbonyl (C=O) groups excluding carboxylic acids is 1. The van der Waals surface area contributed by atoms with Crippen LogP contribution in [0.1, 0.15) is 18.9 Å². The Labute approximate surface area is 122 Å². The van der Waals surface area contributed by atoms with Gasteiger partial charge in [-0.15, -0.1) is 0 Å². The average molecular weight is 302 g/mol. The zero-order valence-electron chi connectivity index (χ0n) is 10.5. The maximum Gasteiger partial charge on any atom is 0.242 e. The summed E-state index contributed by atoms with van der Waals surface area (Å²) < 4.78 is 5.45. The van der Waals surface area contributed by atoms with Crippen molar-refractivity contribution < 1.29 is 9.53 Å². The first-order chi connectivity index (χ1) is 9.02. The zero-order chi connectivity index (χ0) is 14.3. The molecule has 0 unspecified atom stereocenters. The van der Waals surface area contributed by atoms with Gasteiger partial charge < -0.3 is 10.5 Å². The highest BCUT2D eigenvalue weighted by atomic mass is 35.5. The van der Waals surface area contributed by atoms with Crippen molar-refractivity contribution in [1.29, 1.82) is 0 Å². The van der Waals surface area contributed by atoms with Gasteiger partial charge in [-0.3, -0.25) is 15.6 Å². The maximum absolute atomic E-state index is 11.5. The quantitative estimate of drug-likeness (QED) is 0.568. The Morgan fingerprint density at radius 2 is 2.21 bits per heavy atom. The number of hydrogen-bond acceptors (Lipinski definition) is 3. The molecular weight excluding hydrogens is 286 g/mol. The Morgan fingerprint density at radius 3 is 2.79 bits per heavy atom. The van der Waals surface area contributed by atoms with E-state index in [1.54, 1.807) is 18.2 Å². The minimum absolute atomic E-state index is 0.00898. The van der Waals surface area contributed by atoms with Crippen LogP contribution in [0.15, 0.2) is 18.2 Å². The number of halogens is 1. The molecule has 0 aliphatic carbocycles. The van der Waals surface area contributed by atoms with Crippen LogP contribution < -0.4 is 21.3 Å². The second kappa shape index (κ2) is 7.81. The van der Waals surface area contributed by atoms with E-state index >= 15 is 0 Å². The molecule has 5 nitrogen and oxygen atoms in total. The predicted octanol–water partition coefficient (Wildman–Crippen LogP) is 1.54. The molecule has 1 amide bonds. The van der Waals surface area contributed by atoms with E-state index in [1.807, 2.05) is 6.92 Å². The lowest BCUT2D eigenvalue weighted by atomic mass is 10.1. The van der Waals surface area contributed by atoms with Crippen LogP contribution in [0.5, 0.6) is 5.75 Å². The summed E-state index contributed by atoms with van der Waals surface area (Å²) in [5.41, 5.74) is 10.7. The molecule has 1 aromatic carbocycles. The van der Waals surface area contributed by atoms with E-state index in [9.17, 15) is 4.79 Å². The molecule has 0 aliphatic heterocycles. The fourth-order valence-corrected chi connectivity index (χ4v) is 1.65. The Kier molecular flexibility index (Phi) is 6.38. The van der Waals surface area contributed by atoms with E-state index in [2.05, 4.69) is 23.1 Å². The number of hydrazine groups is 1. The Morgan fingerprint density at radius 1 is 1.47 bits per heavy atom. The van der Waals surface area contributed by atoms with Crippen LogP contribution in [0, 0.1) is 0 Å². The largest absolute Gasteiger partial charge is 0.492 e. The molecule has 0 heterocycles. The third-order valence-electron chi connectivity index (χ3n) is 2.15. The molecule has 4 N–H and O–H groups in total. The third-order valence-corrected chi connectivity index (χ3v) is 2.55. The number of hydrogen-bond donors (Lipinski definition) is 3. The number of thiocarbonyl (C=S) groups is 1. The normalized spacial score (nSPS) is 9.79. The van der Waals surface area contributed by atoms with Gasteiger partial charge in [0.1, 0.15) is 5.75 Å². The van der Waals surface area contributed by atoms with Gasteiger partial charge in [0.15, 0.2) is 5.11 Å². The molecule has 0 bridgehead atoms. The topological polar surface area (TPSA) is 76.4 Å². The van der Waals surface area contributed by atoms with Gasteiger partial charge in [-0.05, 0) is 36.3 Å². The van der Waals surface area contributed by atoms with Gasteiger partial charge in [-0.2, -0.15) is 0 Å². The van der Waals surface area contributed by atoms with Gasteiger partial charge in [0.25, 0.3) is 0 Å². The third kappa shape index (κ3) is 5.76. The molecule has 0 aromatic heterocycles. The van der Waals surface area contributed by atoms with Crippen LogP contribution in [-0.2, 0) is 11.2 Å². The lowest BCUT2D eigenvalue weighted by molar-refractivity contribution is -0.121. The van der Waals surface area contributed by atoms with Crippen LogP contribution in [-0.4, -0.2) is 17.6 Å². The van der Waals surface area contributed by atoms with E-state index in [0.717, 1.165) is 12.0 Å². The number of nitrogens with two attached hydrogens (primary N) is 1. The molecule has 1 rings (SSSR count). The summed E-state index contributed by atoms with van der Waals surface area (Å²) in [6, 6.07) is 5.24. The second-order valence-electron chi connectivity index (χ2n) is 3.83. The maximum atomic E-state index is 11.5. The van der Waals surface area contributed by atoms with Gasteiger partial charge in [0.05, 0.1) is 18.1 Å². The molecule has 0 aliphatic rings. The molecule has 104 valence electrons. The van der Waals surface area contributed by atoms with Crippen molar-refractivity contribution in [2.24, 2.45) is 5.73 Å². The van der Waals surface area contributed by atoms with Crippen molar-refractivity contribution >= 4 is 34.8 Å². The average Bonchev–Trinajstić information content (AvgIpc) is 2.35. The molecule has 0 fully saturated rings. The Balaban J connectivity index is 2.57. The van der Waals surface area contributed by atoms with Gasteiger partial charge in [-0.25, -0.2) is 0 Å². The van der Waals surface area contributed by atoms with Crippen molar-refractivity contribution in [3.05, 3.63) is 28.8 Å². The predicted molar refractivity (Wildman–Crippen MR) is 79.0 cm³/mol. The fourth-order valence-electron chi connectivity index (χ4n) is 1.34. The second-order valence-corrected chi connectivity index (χ2v) is 4.67. The van der Waals surface area contributed by atoms with Crippen molar-refractivity contribution in [2.75, 3.05) is 6.61 Å². The molecule has 0 atom stereocenters. The van der Waals surface area contributed by atoms with Crippen LogP contribution >= 0.6 is 23.8 Å². The number of carbonyl (C=O) groups is 1. The summed E-state index contributed by atoms with van der Waals surface area (Å²) in [5.74, 6) is 0.361. The molecule has 19 heavy (non-hydrogen) atoms. The highest BCUT2D eigenvalue weighted by Crippen LogP contribution is 2.25. The summed E-state index contributed by atoms with van der Waals surface area (Å²) in [6.45, 7) is 2.62. The van der Waals surface area contributed by atoms with Crippen LogP contribution in [0.4, 0.5) is 0 Å². The van der Waals surface area contributed by atoms with Gasteiger partial charge >= 0.3 is 0 Å². The van der Waals surface area contributed by atoms with E-state index in [0.29, 0.717) is 17.4 Å². The number of benzene rings is 1. The highest BCUT2D eigenvalue weighted by molar-refractivity contribution is 7.80. The van der Waals surface area contributed by atoms with E-state index < -0.39 is 0 Å². The summed E-state index contributed by atoms with van der Waals surface area (Å²) in [7, 11) is 0. The molecule has 0 radical (unpaired) electrons. The molecule has 1 aromatic rings. The first-order valence-corrected chi connectivity index (χ1v) is 6.57. The number of amides is 1. The van der Waals surface area contributed by atoms with Crippen LogP contribution in [0.3, 0.4) is 0 Å². The SMILES string of the molecule is CCCOc1ccc(CC(=O)NNC(N)=S)cc1Cl. The first kappa shape index (κ1) is 15.5. The fraction of sp³-hybridized carbons (Fsp3) is 0.333. The summed E-state index contributed by atoms with van der Waals surface area (Å²) in [4.78, 5) is 11.5. The minimum atomic E-state index is -0.258. The van der Waals surface area contributed by atoms with E-state index in [1.165, 1.54) is 0 Å². The van der Waals surface area contributed by atoms with Crippen molar-refractivity contribution in [3.63, 3.8) is 0 Å². The Hall–Kier alpha value is -1.53. The molecular formula is C12H16ClN3O2S. The standard InChI is InChI=1S/C12H16ClN3O2S/c1-2-5-18-10-4-3-8(6-9(10)13)7-11(17)15-16-12(14)19/h3-4,6H,2,5,7H2,1H3,(H,15,17)(H3,14,16,19). The highest BCUT2D eigenvalue weighted by Gasteiger charge is 2.07. The molecule has 7 heteroatoms. The van der Waals surface area contributed by atoms with Crippen LogP contribution in [0.25, 0.3) is 0 Å². The monoisotopic (exact) mass is 301 g/mol. The van der Waals surface area contributed by atoms with Crippen molar-refractivity contribution in [3.8, 4) is 5.75 Å². The van der Waals surface area contributed by atoms with E-state index in [-0.39, 0.29) is 17.4 Å². The number of nitrogens with one attached hydrogen (secondary N) is 2. The summed E-state index contributed by atoms with van der Waals surface area (Å²) in [5, 5.41) is 0.496. The molecule has 0 spiro atoms. The lowest BCUT2D eigenvalue weighted by Crippen LogP contribution is -2.44. The van der Waals surface area contributed by atoms with Gasteiger partial charge in [-0.1, -0.05) is 24.6 Å². The Bertz CT molecular complexity index is 468. The number of rotatable bonds is 5. The first-order valence-electron chi connectivity index (χ1n) is 5.78. The zero-order valence-corrected chi connectivity index (χ0v) is 12.1. The van der Waals surface area contributed by atoms with Gasteiger partial charge in [0.2, 0.25) is 5.91 Å². The minimum Gasteiger partial charge on any atom is -0.492 e. The summed E-state index contributed by atoms with van der Waals surface area (Å²) in [6.07, 6.45) is 1.08. The van der Waals surface area contributed by atoms with Crippen molar-refractivity contribution in [2.45, 2.75) is 19.8 Å². The number of ether oxygens (including phenoxy) is 1. The molecule has 0 saturated carbocycles.